The number of aryl methyl sites for hydroxylation is 1. The molecule has 0 atom stereocenters. The van der Waals surface area contributed by atoms with Gasteiger partial charge in [-0.25, -0.2) is 0 Å². The standard InChI is InChI=1S/C11H11F3N2O2/c12-11(13,14)5-18-9-4-8-6(3-7(9)15)1-2-10(17)16-8/h3-4H,1-2,5,15H2,(H,16,17). The largest absolute Gasteiger partial charge is 0.482 e. The van der Waals surface area contributed by atoms with E-state index in [4.69, 9.17) is 5.73 Å². The Balaban J connectivity index is 2.21. The zero-order valence-electron chi connectivity index (χ0n) is 9.30. The molecule has 0 unspecified atom stereocenters. The van der Waals surface area contributed by atoms with E-state index in [1.165, 1.54) is 12.1 Å². The average molecular weight is 260 g/mol. The van der Waals surface area contributed by atoms with E-state index in [9.17, 15) is 18.0 Å². The average Bonchev–Trinajstić information content (AvgIpc) is 2.26. The number of amides is 1. The van der Waals surface area contributed by atoms with Gasteiger partial charge >= 0.3 is 6.18 Å². The highest BCUT2D eigenvalue weighted by atomic mass is 19.4. The fourth-order valence-electron chi connectivity index (χ4n) is 1.71. The number of nitrogens with one attached hydrogen (secondary N) is 1. The van der Waals surface area contributed by atoms with Crippen LogP contribution < -0.4 is 15.8 Å². The molecule has 1 aliphatic heterocycles. The lowest BCUT2D eigenvalue weighted by atomic mass is 10.0. The summed E-state index contributed by atoms with van der Waals surface area (Å²) in [5, 5.41) is 2.57. The minimum Gasteiger partial charge on any atom is -0.482 e. The molecule has 7 heteroatoms. The van der Waals surface area contributed by atoms with Crippen molar-refractivity contribution < 1.29 is 22.7 Å². The minimum atomic E-state index is -4.43. The highest BCUT2D eigenvalue weighted by molar-refractivity contribution is 5.94. The third-order valence-electron chi connectivity index (χ3n) is 2.52. The van der Waals surface area contributed by atoms with Gasteiger partial charge in [0.25, 0.3) is 0 Å². The van der Waals surface area contributed by atoms with Crippen molar-refractivity contribution in [2.45, 2.75) is 19.0 Å². The second-order valence-corrected chi connectivity index (χ2v) is 4.00. The molecule has 0 aliphatic carbocycles. The Morgan fingerprint density at radius 3 is 2.72 bits per heavy atom. The molecule has 18 heavy (non-hydrogen) atoms. The number of hydrogen-bond donors (Lipinski definition) is 2. The zero-order valence-corrected chi connectivity index (χ0v) is 9.30. The Kier molecular flexibility index (Phi) is 3.06. The summed E-state index contributed by atoms with van der Waals surface area (Å²) in [6.45, 7) is -1.41. The van der Waals surface area contributed by atoms with Gasteiger partial charge < -0.3 is 15.8 Å². The molecule has 1 heterocycles. The first-order valence-electron chi connectivity index (χ1n) is 5.27. The number of benzene rings is 1. The number of rotatable bonds is 2. The van der Waals surface area contributed by atoms with Gasteiger partial charge in [-0.2, -0.15) is 13.2 Å². The van der Waals surface area contributed by atoms with Gasteiger partial charge in [-0.1, -0.05) is 0 Å². The van der Waals surface area contributed by atoms with Gasteiger partial charge in [0.15, 0.2) is 6.61 Å². The number of carbonyl (C=O) groups excluding carboxylic acids is 1. The predicted octanol–water partition coefficient (Wildman–Crippen LogP) is 2.09. The maximum atomic E-state index is 12.0. The van der Waals surface area contributed by atoms with Crippen LogP contribution in [0, 0.1) is 0 Å². The van der Waals surface area contributed by atoms with Crippen molar-refractivity contribution in [3.05, 3.63) is 17.7 Å². The zero-order chi connectivity index (χ0) is 13.3. The fourth-order valence-corrected chi connectivity index (χ4v) is 1.71. The molecule has 1 aliphatic rings. The molecule has 3 N–H and O–H groups in total. The van der Waals surface area contributed by atoms with E-state index >= 15 is 0 Å². The van der Waals surface area contributed by atoms with Crippen molar-refractivity contribution >= 4 is 17.3 Å². The van der Waals surface area contributed by atoms with E-state index in [1.54, 1.807) is 0 Å². The van der Waals surface area contributed by atoms with Crippen molar-refractivity contribution in [2.75, 3.05) is 17.7 Å². The van der Waals surface area contributed by atoms with Crippen LogP contribution in [0.2, 0.25) is 0 Å². The van der Waals surface area contributed by atoms with Gasteiger partial charge in [0, 0.05) is 18.2 Å². The normalized spacial score (nSPS) is 14.9. The van der Waals surface area contributed by atoms with Gasteiger partial charge in [0.2, 0.25) is 5.91 Å². The summed E-state index contributed by atoms with van der Waals surface area (Å²) in [5.41, 5.74) is 6.99. The summed E-state index contributed by atoms with van der Waals surface area (Å²) in [6.07, 6.45) is -3.56. The molecule has 0 aromatic heterocycles. The van der Waals surface area contributed by atoms with Crippen LogP contribution in [0.1, 0.15) is 12.0 Å². The third-order valence-corrected chi connectivity index (χ3v) is 2.52. The molecule has 1 amide bonds. The Labute approximate surface area is 101 Å². The first-order valence-corrected chi connectivity index (χ1v) is 5.27. The van der Waals surface area contributed by atoms with Crippen LogP contribution in [0.3, 0.4) is 0 Å². The van der Waals surface area contributed by atoms with Crippen molar-refractivity contribution in [1.29, 1.82) is 0 Å². The molecule has 98 valence electrons. The maximum absolute atomic E-state index is 12.0. The van der Waals surface area contributed by atoms with Crippen molar-refractivity contribution in [3.63, 3.8) is 0 Å². The SMILES string of the molecule is Nc1cc2c(cc1OCC(F)(F)F)NC(=O)CC2. The molecule has 4 nitrogen and oxygen atoms in total. The molecule has 0 saturated carbocycles. The van der Waals surface area contributed by atoms with Crippen LogP contribution in [-0.4, -0.2) is 18.7 Å². The highest BCUT2D eigenvalue weighted by Crippen LogP contribution is 2.33. The number of halogens is 3. The van der Waals surface area contributed by atoms with E-state index < -0.39 is 12.8 Å². The van der Waals surface area contributed by atoms with E-state index in [-0.39, 0.29) is 17.3 Å². The number of ether oxygens (including phenoxy) is 1. The topological polar surface area (TPSA) is 64.3 Å². The fraction of sp³-hybridized carbons (Fsp3) is 0.364. The summed E-state index contributed by atoms with van der Waals surface area (Å²) >= 11 is 0. The molecular weight excluding hydrogens is 249 g/mol. The van der Waals surface area contributed by atoms with E-state index in [0.717, 1.165) is 5.56 Å². The maximum Gasteiger partial charge on any atom is 0.422 e. The Morgan fingerprint density at radius 1 is 1.33 bits per heavy atom. The second kappa shape index (κ2) is 4.40. The lowest BCUT2D eigenvalue weighted by Crippen LogP contribution is -2.21. The van der Waals surface area contributed by atoms with Gasteiger partial charge in [0.1, 0.15) is 5.75 Å². The van der Waals surface area contributed by atoms with Gasteiger partial charge in [-0.15, -0.1) is 0 Å². The Morgan fingerprint density at radius 2 is 2.06 bits per heavy atom. The number of nitrogens with two attached hydrogens (primary N) is 1. The van der Waals surface area contributed by atoms with Crippen LogP contribution in [0.5, 0.6) is 5.75 Å². The second-order valence-electron chi connectivity index (χ2n) is 4.00. The lowest BCUT2D eigenvalue weighted by Gasteiger charge is -2.19. The number of nitrogen functional groups attached to an aromatic ring is 1. The summed E-state index contributed by atoms with van der Waals surface area (Å²) in [4.78, 5) is 11.2. The summed E-state index contributed by atoms with van der Waals surface area (Å²) in [5.74, 6) is -0.248. The molecule has 0 spiro atoms. The molecular formula is C11H11F3N2O2. The molecule has 0 bridgehead atoms. The molecule has 0 saturated heterocycles. The molecule has 1 aromatic rings. The minimum absolute atomic E-state index is 0.0757. The molecule has 0 radical (unpaired) electrons. The lowest BCUT2D eigenvalue weighted by molar-refractivity contribution is -0.153. The summed E-state index contributed by atoms with van der Waals surface area (Å²) in [7, 11) is 0. The number of anilines is 2. The van der Waals surface area contributed by atoms with Gasteiger partial charge in [0.05, 0.1) is 5.69 Å². The quantitative estimate of drug-likeness (QED) is 0.800. The van der Waals surface area contributed by atoms with E-state index in [1.807, 2.05) is 0 Å². The van der Waals surface area contributed by atoms with Gasteiger partial charge in [-0.3, -0.25) is 4.79 Å². The van der Waals surface area contributed by atoms with Crippen molar-refractivity contribution in [1.82, 2.24) is 0 Å². The van der Waals surface area contributed by atoms with Crippen LogP contribution in [0.15, 0.2) is 12.1 Å². The summed E-state index contributed by atoms with van der Waals surface area (Å²) < 4.78 is 40.7. The van der Waals surface area contributed by atoms with Crippen molar-refractivity contribution in [2.24, 2.45) is 0 Å². The number of carbonyl (C=O) groups is 1. The first kappa shape index (κ1) is 12.5. The van der Waals surface area contributed by atoms with E-state index in [0.29, 0.717) is 18.5 Å². The van der Waals surface area contributed by atoms with Gasteiger partial charge in [-0.05, 0) is 18.1 Å². The number of fused-ring (bicyclic) bond motifs is 1. The smallest absolute Gasteiger partial charge is 0.422 e. The summed E-state index contributed by atoms with van der Waals surface area (Å²) in [6, 6.07) is 2.86. The monoisotopic (exact) mass is 260 g/mol. The van der Waals surface area contributed by atoms with Crippen LogP contribution in [0.25, 0.3) is 0 Å². The van der Waals surface area contributed by atoms with Crippen LogP contribution in [0.4, 0.5) is 24.5 Å². The number of hydrogen-bond acceptors (Lipinski definition) is 3. The number of alkyl halides is 3. The Hall–Kier alpha value is -1.92. The Bertz CT molecular complexity index is 486. The molecule has 2 rings (SSSR count). The molecule has 1 aromatic carbocycles. The highest BCUT2D eigenvalue weighted by Gasteiger charge is 2.29. The van der Waals surface area contributed by atoms with Crippen molar-refractivity contribution in [3.8, 4) is 5.75 Å². The van der Waals surface area contributed by atoms with E-state index in [2.05, 4.69) is 10.1 Å². The third kappa shape index (κ3) is 2.85. The molecule has 0 fully saturated rings. The van der Waals surface area contributed by atoms with Crippen LogP contribution >= 0.6 is 0 Å². The van der Waals surface area contributed by atoms with Crippen LogP contribution in [-0.2, 0) is 11.2 Å². The first-order chi connectivity index (χ1) is 8.35. The predicted molar refractivity (Wildman–Crippen MR) is 59.4 cm³/mol.